The minimum atomic E-state index is -3.33. The smallest absolute Gasteiger partial charge is 0.207 e. The molecule has 3 nitrogen and oxygen atoms in total. The van der Waals surface area contributed by atoms with E-state index >= 15 is 0 Å². The quantitative estimate of drug-likeness (QED) is 0.853. The van der Waals surface area contributed by atoms with Crippen LogP contribution in [0.3, 0.4) is 0 Å². The zero-order chi connectivity index (χ0) is 14.0. The highest BCUT2D eigenvalue weighted by Gasteiger charge is 2.32. The molecule has 106 valence electrons. The number of sulfonamides is 1. The van der Waals surface area contributed by atoms with Crippen molar-refractivity contribution >= 4 is 10.0 Å². The van der Waals surface area contributed by atoms with Crippen LogP contribution in [0.15, 0.2) is 23.1 Å². The molecule has 1 fully saturated rings. The predicted octanol–water partition coefficient (Wildman–Crippen LogP) is 3.26. The van der Waals surface area contributed by atoms with Crippen molar-refractivity contribution in [2.24, 2.45) is 0 Å². The molecule has 0 spiro atoms. The van der Waals surface area contributed by atoms with Gasteiger partial charge in [-0.3, -0.25) is 0 Å². The summed E-state index contributed by atoms with van der Waals surface area (Å²) in [5, 5.41) is 0. The fourth-order valence-corrected chi connectivity index (χ4v) is 4.56. The van der Waals surface area contributed by atoms with Crippen molar-refractivity contribution in [1.82, 2.24) is 4.31 Å². The van der Waals surface area contributed by atoms with E-state index in [0.29, 0.717) is 11.4 Å². The minimum absolute atomic E-state index is 0.167. The third-order valence-electron chi connectivity index (χ3n) is 4.13. The Morgan fingerprint density at radius 1 is 1.21 bits per heavy atom. The van der Waals surface area contributed by atoms with Crippen molar-refractivity contribution in [2.45, 2.75) is 57.4 Å². The first-order valence-electron chi connectivity index (χ1n) is 7.06. The molecular formula is C15H23NO2S. The molecule has 0 aromatic heterocycles. The van der Waals surface area contributed by atoms with E-state index in [-0.39, 0.29) is 6.04 Å². The molecule has 1 atom stereocenters. The number of nitrogens with zero attached hydrogens (tertiary/aromatic N) is 1. The van der Waals surface area contributed by atoms with Gasteiger partial charge in [0.2, 0.25) is 10.0 Å². The van der Waals surface area contributed by atoms with Crippen LogP contribution in [0.25, 0.3) is 0 Å². The van der Waals surface area contributed by atoms with E-state index in [2.05, 4.69) is 6.92 Å². The van der Waals surface area contributed by atoms with E-state index in [1.807, 2.05) is 19.9 Å². The van der Waals surface area contributed by atoms with Gasteiger partial charge >= 0.3 is 0 Å². The average molecular weight is 281 g/mol. The Bertz CT molecular complexity index is 551. The van der Waals surface area contributed by atoms with Gasteiger partial charge in [-0.15, -0.1) is 0 Å². The van der Waals surface area contributed by atoms with E-state index < -0.39 is 10.0 Å². The normalized spacial score (nSPS) is 21.5. The lowest BCUT2D eigenvalue weighted by atomic mass is 10.0. The van der Waals surface area contributed by atoms with Gasteiger partial charge in [-0.1, -0.05) is 19.4 Å². The Morgan fingerprint density at radius 3 is 2.58 bits per heavy atom. The maximum atomic E-state index is 12.7. The molecule has 1 aromatic carbocycles. The molecule has 19 heavy (non-hydrogen) atoms. The lowest BCUT2D eigenvalue weighted by Crippen LogP contribution is -2.43. The highest BCUT2D eigenvalue weighted by Crippen LogP contribution is 2.27. The molecule has 1 unspecified atom stereocenters. The van der Waals surface area contributed by atoms with Gasteiger partial charge in [-0.05, 0) is 56.4 Å². The summed E-state index contributed by atoms with van der Waals surface area (Å²) in [6.07, 6.45) is 3.99. The number of aryl methyl sites for hydroxylation is 2. The Morgan fingerprint density at radius 2 is 1.95 bits per heavy atom. The fourth-order valence-electron chi connectivity index (χ4n) is 2.71. The van der Waals surface area contributed by atoms with Gasteiger partial charge in [0.25, 0.3) is 0 Å². The van der Waals surface area contributed by atoms with Crippen LogP contribution < -0.4 is 0 Å². The molecule has 0 bridgehead atoms. The molecule has 2 rings (SSSR count). The molecule has 0 radical (unpaired) electrons. The Hall–Kier alpha value is -0.870. The molecule has 1 aliphatic heterocycles. The van der Waals surface area contributed by atoms with Crippen molar-refractivity contribution < 1.29 is 8.42 Å². The second kappa shape index (κ2) is 5.63. The highest BCUT2D eigenvalue weighted by atomic mass is 32.2. The predicted molar refractivity (Wildman–Crippen MR) is 77.7 cm³/mol. The van der Waals surface area contributed by atoms with Crippen LogP contribution in [-0.2, 0) is 10.0 Å². The Kier molecular flexibility index (Phi) is 4.31. The topological polar surface area (TPSA) is 37.4 Å². The van der Waals surface area contributed by atoms with Crippen LogP contribution in [0.1, 0.15) is 43.7 Å². The summed E-state index contributed by atoms with van der Waals surface area (Å²) in [7, 11) is -3.33. The number of benzene rings is 1. The number of hydrogen-bond acceptors (Lipinski definition) is 2. The summed E-state index contributed by atoms with van der Waals surface area (Å²) in [6.45, 7) is 6.69. The van der Waals surface area contributed by atoms with Crippen molar-refractivity contribution in [3.8, 4) is 0 Å². The molecule has 4 heteroatoms. The first-order chi connectivity index (χ1) is 8.96. The summed E-state index contributed by atoms with van der Waals surface area (Å²) in [4.78, 5) is 0.441. The van der Waals surface area contributed by atoms with E-state index in [4.69, 9.17) is 0 Å². The van der Waals surface area contributed by atoms with Crippen LogP contribution in [0.2, 0.25) is 0 Å². The maximum Gasteiger partial charge on any atom is 0.243 e. The average Bonchev–Trinajstić information content (AvgIpc) is 2.41. The zero-order valence-corrected chi connectivity index (χ0v) is 12.8. The largest absolute Gasteiger partial charge is 0.243 e. The Labute approximate surface area is 116 Å². The van der Waals surface area contributed by atoms with E-state index in [1.165, 1.54) is 0 Å². The molecule has 0 amide bonds. The fraction of sp³-hybridized carbons (Fsp3) is 0.600. The van der Waals surface area contributed by atoms with Crippen molar-refractivity contribution in [3.63, 3.8) is 0 Å². The molecule has 0 N–H and O–H groups in total. The molecule has 0 saturated carbocycles. The third kappa shape index (κ3) is 2.84. The summed E-state index contributed by atoms with van der Waals surface area (Å²) in [5.74, 6) is 0. The van der Waals surface area contributed by atoms with Crippen LogP contribution in [0.4, 0.5) is 0 Å². The van der Waals surface area contributed by atoms with Crippen LogP contribution >= 0.6 is 0 Å². The van der Waals surface area contributed by atoms with Crippen LogP contribution in [0, 0.1) is 13.8 Å². The second-order valence-corrected chi connectivity index (χ2v) is 7.31. The standard InChI is InChI=1S/C15H23NO2S/c1-4-14-7-5-6-10-16(14)19(17,18)15-9-8-12(2)13(3)11-15/h8-9,11,14H,4-7,10H2,1-3H3. The minimum Gasteiger partial charge on any atom is -0.207 e. The van der Waals surface area contributed by atoms with E-state index in [9.17, 15) is 8.42 Å². The third-order valence-corrected chi connectivity index (χ3v) is 6.08. The van der Waals surface area contributed by atoms with Gasteiger partial charge in [0.1, 0.15) is 0 Å². The molecule has 1 heterocycles. The van der Waals surface area contributed by atoms with Crippen LogP contribution in [0.5, 0.6) is 0 Å². The van der Waals surface area contributed by atoms with Gasteiger partial charge in [-0.25, -0.2) is 8.42 Å². The number of hydrogen-bond donors (Lipinski definition) is 0. The van der Waals surface area contributed by atoms with E-state index in [0.717, 1.165) is 36.8 Å². The van der Waals surface area contributed by atoms with Crippen LogP contribution in [-0.4, -0.2) is 25.3 Å². The first kappa shape index (κ1) is 14.5. The lowest BCUT2D eigenvalue weighted by molar-refractivity contribution is 0.246. The van der Waals surface area contributed by atoms with Gasteiger partial charge in [0, 0.05) is 12.6 Å². The van der Waals surface area contributed by atoms with Crippen molar-refractivity contribution in [2.75, 3.05) is 6.54 Å². The summed E-state index contributed by atoms with van der Waals surface area (Å²) in [5.41, 5.74) is 2.16. The van der Waals surface area contributed by atoms with Crippen molar-refractivity contribution in [1.29, 1.82) is 0 Å². The van der Waals surface area contributed by atoms with Gasteiger partial charge < -0.3 is 0 Å². The lowest BCUT2D eigenvalue weighted by Gasteiger charge is -2.34. The number of piperidine rings is 1. The SMILES string of the molecule is CCC1CCCCN1S(=O)(=O)c1ccc(C)c(C)c1. The molecule has 1 aromatic rings. The molecule has 0 aliphatic carbocycles. The highest BCUT2D eigenvalue weighted by molar-refractivity contribution is 7.89. The maximum absolute atomic E-state index is 12.7. The summed E-state index contributed by atoms with van der Waals surface area (Å²) >= 11 is 0. The zero-order valence-electron chi connectivity index (χ0n) is 12.0. The van der Waals surface area contributed by atoms with Crippen molar-refractivity contribution in [3.05, 3.63) is 29.3 Å². The van der Waals surface area contributed by atoms with Gasteiger partial charge in [-0.2, -0.15) is 4.31 Å². The first-order valence-corrected chi connectivity index (χ1v) is 8.50. The van der Waals surface area contributed by atoms with Gasteiger partial charge in [0.05, 0.1) is 4.90 Å². The number of rotatable bonds is 3. The monoisotopic (exact) mass is 281 g/mol. The second-order valence-electron chi connectivity index (χ2n) is 5.42. The summed E-state index contributed by atoms with van der Waals surface area (Å²) in [6, 6.07) is 5.60. The van der Waals surface area contributed by atoms with Gasteiger partial charge in [0.15, 0.2) is 0 Å². The van der Waals surface area contributed by atoms with E-state index in [1.54, 1.807) is 16.4 Å². The molecule has 1 saturated heterocycles. The molecule has 1 aliphatic rings. The Balaban J connectivity index is 2.37. The molecular weight excluding hydrogens is 258 g/mol. The summed E-state index contributed by atoms with van der Waals surface area (Å²) < 4.78 is 27.2.